The third kappa shape index (κ3) is 4.45. The summed E-state index contributed by atoms with van der Waals surface area (Å²) in [5.74, 6) is -0.737. The van der Waals surface area contributed by atoms with E-state index < -0.39 is 11.8 Å². The first-order chi connectivity index (χ1) is 10.2. The minimum absolute atomic E-state index is 0.00478. The first-order valence-electron chi connectivity index (χ1n) is 6.56. The first-order valence-corrected chi connectivity index (χ1v) is 6.56. The monoisotopic (exact) mass is 284 g/mol. The molecule has 0 N–H and O–H groups in total. The van der Waals surface area contributed by atoms with E-state index in [-0.39, 0.29) is 13.0 Å². The molecule has 2 rings (SSSR count). The summed E-state index contributed by atoms with van der Waals surface area (Å²) in [5.41, 5.74) is 1.57. The van der Waals surface area contributed by atoms with Crippen LogP contribution in [0.3, 0.4) is 0 Å². The lowest BCUT2D eigenvalue weighted by molar-refractivity contribution is -0.154. The predicted octanol–water partition coefficient (Wildman–Crippen LogP) is 2.55. The zero-order chi connectivity index (χ0) is 15.1. The van der Waals surface area contributed by atoms with Crippen LogP contribution in [0.4, 0.5) is 0 Å². The second-order valence-electron chi connectivity index (χ2n) is 4.51. The van der Waals surface area contributed by atoms with Gasteiger partial charge in [0.05, 0.1) is 7.11 Å². The lowest BCUT2D eigenvalue weighted by Crippen LogP contribution is -2.19. The molecule has 0 aromatic heterocycles. The van der Waals surface area contributed by atoms with Gasteiger partial charge in [-0.05, 0) is 23.3 Å². The summed E-state index contributed by atoms with van der Waals surface area (Å²) >= 11 is 0. The molecule has 2 aromatic rings. The number of Topliss-reactive ketones (excluding diaryl/α,β-unsaturated/α-hetero) is 1. The minimum Gasteiger partial charge on any atom is -0.497 e. The van der Waals surface area contributed by atoms with Crippen LogP contribution in [0.15, 0.2) is 54.6 Å². The van der Waals surface area contributed by atoms with Crippen molar-refractivity contribution in [1.82, 2.24) is 0 Å². The van der Waals surface area contributed by atoms with Gasteiger partial charge in [-0.1, -0.05) is 42.5 Å². The lowest BCUT2D eigenvalue weighted by Gasteiger charge is -2.05. The van der Waals surface area contributed by atoms with E-state index in [0.29, 0.717) is 5.75 Å². The van der Waals surface area contributed by atoms with Gasteiger partial charge in [-0.2, -0.15) is 0 Å². The quantitative estimate of drug-likeness (QED) is 0.604. The van der Waals surface area contributed by atoms with Crippen LogP contribution in [-0.2, 0) is 27.4 Å². The fraction of sp³-hybridized carbons (Fsp3) is 0.176. The molecule has 0 atom stereocenters. The first kappa shape index (κ1) is 14.8. The van der Waals surface area contributed by atoms with E-state index in [0.717, 1.165) is 11.1 Å². The second-order valence-corrected chi connectivity index (χ2v) is 4.51. The van der Waals surface area contributed by atoms with Crippen molar-refractivity contribution in [3.63, 3.8) is 0 Å². The van der Waals surface area contributed by atoms with Gasteiger partial charge in [-0.25, -0.2) is 4.79 Å². The van der Waals surface area contributed by atoms with E-state index in [4.69, 9.17) is 9.47 Å². The average Bonchev–Trinajstić information content (AvgIpc) is 2.53. The Bertz CT molecular complexity index is 620. The number of rotatable bonds is 6. The molecule has 4 nitrogen and oxygen atoms in total. The van der Waals surface area contributed by atoms with Gasteiger partial charge in [-0.3, -0.25) is 4.79 Å². The second kappa shape index (κ2) is 7.24. The van der Waals surface area contributed by atoms with Crippen molar-refractivity contribution in [3.05, 3.63) is 65.7 Å². The van der Waals surface area contributed by atoms with Crippen LogP contribution in [-0.4, -0.2) is 18.9 Å². The van der Waals surface area contributed by atoms with Crippen molar-refractivity contribution in [2.45, 2.75) is 13.0 Å². The maximum absolute atomic E-state index is 11.8. The molecule has 21 heavy (non-hydrogen) atoms. The third-order valence-electron chi connectivity index (χ3n) is 2.94. The smallest absolute Gasteiger partial charge is 0.375 e. The molecule has 0 radical (unpaired) electrons. The normalized spacial score (nSPS) is 9.95. The summed E-state index contributed by atoms with van der Waals surface area (Å²) in [7, 11) is 1.55. The maximum atomic E-state index is 11.8. The molecule has 0 unspecified atom stereocenters. The van der Waals surface area contributed by atoms with Crippen LogP contribution in [0.25, 0.3) is 0 Å². The molecule has 0 aliphatic heterocycles. The zero-order valence-electron chi connectivity index (χ0n) is 11.7. The summed E-state index contributed by atoms with van der Waals surface area (Å²) < 4.78 is 10.1. The summed E-state index contributed by atoms with van der Waals surface area (Å²) in [6.07, 6.45) is 0.00478. The van der Waals surface area contributed by atoms with Gasteiger partial charge >= 0.3 is 5.97 Å². The minimum atomic E-state index is -0.818. The number of hydrogen-bond donors (Lipinski definition) is 0. The Morgan fingerprint density at radius 1 is 0.952 bits per heavy atom. The summed E-state index contributed by atoms with van der Waals surface area (Å²) in [6.45, 7) is 0.101. The fourth-order valence-electron chi connectivity index (χ4n) is 1.84. The van der Waals surface area contributed by atoms with Crippen molar-refractivity contribution < 1.29 is 19.1 Å². The molecule has 0 fully saturated rings. The van der Waals surface area contributed by atoms with Crippen LogP contribution >= 0.6 is 0 Å². The summed E-state index contributed by atoms with van der Waals surface area (Å²) in [5, 5.41) is 0. The van der Waals surface area contributed by atoms with Crippen molar-refractivity contribution >= 4 is 11.8 Å². The number of hydrogen-bond acceptors (Lipinski definition) is 4. The van der Waals surface area contributed by atoms with Gasteiger partial charge in [-0.15, -0.1) is 0 Å². The van der Waals surface area contributed by atoms with Crippen molar-refractivity contribution in [2.75, 3.05) is 7.11 Å². The highest BCUT2D eigenvalue weighted by atomic mass is 16.5. The van der Waals surface area contributed by atoms with Gasteiger partial charge in [0.2, 0.25) is 5.78 Å². The standard InChI is InChI=1S/C17H16O4/c1-20-15-9-5-8-14(10-15)11-16(18)17(19)21-12-13-6-3-2-4-7-13/h2-10H,11-12H2,1H3. The molecular formula is C17H16O4. The summed E-state index contributed by atoms with van der Waals surface area (Å²) in [6, 6.07) is 16.3. The Morgan fingerprint density at radius 3 is 2.38 bits per heavy atom. The Hall–Kier alpha value is -2.62. The lowest BCUT2D eigenvalue weighted by atomic mass is 10.1. The van der Waals surface area contributed by atoms with E-state index in [1.165, 1.54) is 0 Å². The summed E-state index contributed by atoms with van der Waals surface area (Å²) in [4.78, 5) is 23.5. The number of ether oxygens (including phenoxy) is 2. The Kier molecular flexibility index (Phi) is 5.10. The molecule has 0 spiro atoms. The van der Waals surface area contributed by atoms with Gasteiger partial charge in [0.1, 0.15) is 12.4 Å². The molecule has 2 aromatic carbocycles. The number of benzene rings is 2. The number of methoxy groups -OCH3 is 1. The molecule has 108 valence electrons. The van der Waals surface area contributed by atoms with Gasteiger partial charge in [0, 0.05) is 6.42 Å². The fourth-order valence-corrected chi connectivity index (χ4v) is 1.84. The van der Waals surface area contributed by atoms with Crippen LogP contribution in [0.1, 0.15) is 11.1 Å². The Labute approximate surface area is 123 Å². The van der Waals surface area contributed by atoms with Crippen LogP contribution in [0.5, 0.6) is 5.75 Å². The molecular weight excluding hydrogens is 268 g/mol. The third-order valence-corrected chi connectivity index (χ3v) is 2.94. The highest BCUT2D eigenvalue weighted by molar-refractivity contribution is 6.34. The Morgan fingerprint density at radius 2 is 1.67 bits per heavy atom. The number of ketones is 1. The molecule has 0 aliphatic rings. The molecule has 0 saturated carbocycles. The largest absolute Gasteiger partial charge is 0.497 e. The van der Waals surface area contributed by atoms with E-state index in [2.05, 4.69) is 0 Å². The molecule has 4 heteroatoms. The number of esters is 1. The maximum Gasteiger partial charge on any atom is 0.375 e. The van der Waals surface area contributed by atoms with Crippen molar-refractivity contribution in [1.29, 1.82) is 0 Å². The van der Waals surface area contributed by atoms with E-state index >= 15 is 0 Å². The highest BCUT2D eigenvalue weighted by Crippen LogP contribution is 2.13. The molecule has 0 saturated heterocycles. The number of carbonyl (C=O) groups excluding carboxylic acids is 2. The molecule has 0 heterocycles. The van der Waals surface area contributed by atoms with Crippen molar-refractivity contribution in [3.8, 4) is 5.75 Å². The SMILES string of the molecule is COc1cccc(CC(=O)C(=O)OCc2ccccc2)c1. The molecule has 0 bridgehead atoms. The zero-order valence-corrected chi connectivity index (χ0v) is 11.7. The average molecular weight is 284 g/mol. The van der Waals surface area contributed by atoms with E-state index in [1.807, 2.05) is 30.3 Å². The number of carbonyl (C=O) groups is 2. The Balaban J connectivity index is 1.89. The van der Waals surface area contributed by atoms with Crippen molar-refractivity contribution in [2.24, 2.45) is 0 Å². The predicted molar refractivity (Wildman–Crippen MR) is 77.9 cm³/mol. The molecule has 0 amide bonds. The van der Waals surface area contributed by atoms with Crippen LogP contribution in [0.2, 0.25) is 0 Å². The highest BCUT2D eigenvalue weighted by Gasteiger charge is 2.16. The van der Waals surface area contributed by atoms with Crippen LogP contribution < -0.4 is 4.74 Å². The van der Waals surface area contributed by atoms with Gasteiger partial charge in [0.25, 0.3) is 0 Å². The van der Waals surface area contributed by atoms with E-state index in [9.17, 15) is 9.59 Å². The van der Waals surface area contributed by atoms with Gasteiger partial charge < -0.3 is 9.47 Å². The van der Waals surface area contributed by atoms with Gasteiger partial charge in [0.15, 0.2) is 0 Å². The topological polar surface area (TPSA) is 52.6 Å². The van der Waals surface area contributed by atoms with Crippen LogP contribution in [0, 0.1) is 0 Å². The molecule has 0 aliphatic carbocycles. The van der Waals surface area contributed by atoms with E-state index in [1.54, 1.807) is 31.4 Å².